The second kappa shape index (κ2) is 8.11. The first kappa shape index (κ1) is 21.3. The van der Waals surface area contributed by atoms with Gasteiger partial charge in [-0.1, -0.05) is 32.0 Å². The Kier molecular flexibility index (Phi) is 5.95. The highest BCUT2D eigenvalue weighted by molar-refractivity contribution is 7.89. The fraction of sp³-hybridized carbons (Fsp3) is 0.526. The Morgan fingerprint density at radius 1 is 1.03 bits per heavy atom. The average molecular weight is 423 g/mol. The number of carbonyl (C=O) groups excluding carboxylic acids is 3. The van der Waals surface area contributed by atoms with Crippen molar-refractivity contribution in [1.29, 1.82) is 0 Å². The van der Waals surface area contributed by atoms with Crippen LogP contribution in [0, 0.1) is 0 Å². The predicted octanol–water partition coefficient (Wildman–Crippen LogP) is 0.630. The molecule has 3 rings (SSSR count). The van der Waals surface area contributed by atoms with Gasteiger partial charge < -0.3 is 10.2 Å². The zero-order valence-corrected chi connectivity index (χ0v) is 17.4. The lowest BCUT2D eigenvalue weighted by atomic mass is 9.93. The summed E-state index contributed by atoms with van der Waals surface area (Å²) < 4.78 is 26.7. The van der Waals surface area contributed by atoms with E-state index in [4.69, 9.17) is 0 Å². The highest BCUT2D eigenvalue weighted by atomic mass is 32.2. The molecule has 4 amide bonds. The minimum absolute atomic E-state index is 0.164. The van der Waals surface area contributed by atoms with E-state index >= 15 is 0 Å². The van der Waals surface area contributed by atoms with E-state index in [1.165, 1.54) is 21.3 Å². The molecule has 29 heavy (non-hydrogen) atoms. The van der Waals surface area contributed by atoms with Gasteiger partial charge in [-0.25, -0.2) is 13.2 Å². The van der Waals surface area contributed by atoms with Gasteiger partial charge in [0.2, 0.25) is 15.9 Å². The van der Waals surface area contributed by atoms with Gasteiger partial charge in [-0.05, 0) is 25.0 Å². The first-order valence-electron chi connectivity index (χ1n) is 9.72. The van der Waals surface area contributed by atoms with Gasteiger partial charge in [-0.2, -0.15) is 4.31 Å². The molecule has 2 saturated heterocycles. The molecule has 0 unspecified atom stereocenters. The average Bonchev–Trinajstić information content (AvgIpc) is 2.99. The molecule has 1 aromatic rings. The van der Waals surface area contributed by atoms with Crippen molar-refractivity contribution in [1.82, 2.24) is 19.4 Å². The van der Waals surface area contributed by atoms with Gasteiger partial charge in [0.15, 0.2) is 0 Å². The van der Waals surface area contributed by atoms with Crippen LogP contribution in [0.25, 0.3) is 0 Å². The van der Waals surface area contributed by atoms with E-state index in [9.17, 15) is 22.8 Å². The number of rotatable bonds is 6. The summed E-state index contributed by atoms with van der Waals surface area (Å²) in [6.45, 7) is 4.05. The number of piperazine rings is 1. The van der Waals surface area contributed by atoms with Crippen molar-refractivity contribution in [3.8, 4) is 0 Å². The first-order chi connectivity index (χ1) is 13.7. The Bertz CT molecular complexity index is 890. The van der Waals surface area contributed by atoms with Crippen LogP contribution in [-0.4, -0.2) is 78.6 Å². The molecule has 2 aliphatic heterocycles. The van der Waals surface area contributed by atoms with Crippen molar-refractivity contribution >= 4 is 27.9 Å². The number of benzene rings is 1. The zero-order chi connectivity index (χ0) is 21.2. The molecular formula is C19H26N4O5S. The Morgan fingerprint density at radius 2 is 1.62 bits per heavy atom. The largest absolute Gasteiger partial charge is 0.338 e. The van der Waals surface area contributed by atoms with E-state index in [2.05, 4.69) is 5.32 Å². The SMILES string of the molecule is CCC1(CC)NC(=O)N(CC(=O)N2CCN(S(=O)(=O)c3ccccc3)CC2)C1=O. The number of amides is 4. The molecule has 2 fully saturated rings. The van der Waals surface area contributed by atoms with E-state index in [1.807, 2.05) is 13.8 Å². The molecule has 2 heterocycles. The molecule has 0 aliphatic carbocycles. The van der Waals surface area contributed by atoms with Crippen LogP contribution in [0.1, 0.15) is 26.7 Å². The zero-order valence-electron chi connectivity index (χ0n) is 16.6. The monoisotopic (exact) mass is 422 g/mol. The maximum Gasteiger partial charge on any atom is 0.325 e. The van der Waals surface area contributed by atoms with E-state index in [0.717, 1.165) is 4.90 Å². The topological polar surface area (TPSA) is 107 Å². The minimum Gasteiger partial charge on any atom is -0.338 e. The first-order valence-corrected chi connectivity index (χ1v) is 11.2. The highest BCUT2D eigenvalue weighted by Crippen LogP contribution is 2.25. The normalized spacial score (nSPS) is 20.1. The summed E-state index contributed by atoms with van der Waals surface area (Å²) in [5.41, 5.74) is -0.945. The number of sulfonamides is 1. The van der Waals surface area contributed by atoms with Crippen LogP contribution >= 0.6 is 0 Å². The number of hydrogen-bond acceptors (Lipinski definition) is 5. The Labute approximate surface area is 170 Å². The molecular weight excluding hydrogens is 396 g/mol. The molecule has 0 atom stereocenters. The highest BCUT2D eigenvalue weighted by Gasteiger charge is 2.49. The van der Waals surface area contributed by atoms with Crippen LogP contribution in [0.5, 0.6) is 0 Å². The number of hydrogen-bond donors (Lipinski definition) is 1. The van der Waals surface area contributed by atoms with Crippen LogP contribution in [0.4, 0.5) is 4.79 Å². The van der Waals surface area contributed by atoms with Gasteiger partial charge in [0.05, 0.1) is 4.90 Å². The second-order valence-electron chi connectivity index (χ2n) is 7.21. The molecule has 0 saturated carbocycles. The summed E-state index contributed by atoms with van der Waals surface area (Å²) in [7, 11) is -3.61. The van der Waals surface area contributed by atoms with Crippen molar-refractivity contribution in [3.05, 3.63) is 30.3 Å². The maximum atomic E-state index is 12.7. The number of carbonyl (C=O) groups is 3. The summed E-state index contributed by atoms with van der Waals surface area (Å²) in [5.74, 6) is -0.751. The van der Waals surface area contributed by atoms with Gasteiger partial charge in [0.25, 0.3) is 5.91 Å². The lowest BCUT2D eigenvalue weighted by Gasteiger charge is -2.34. The standard InChI is InChI=1S/C19H26N4O5S/c1-3-19(4-2)17(25)23(18(26)20-19)14-16(24)21-10-12-22(13-11-21)29(27,28)15-8-6-5-7-9-15/h5-9H,3-4,10-14H2,1-2H3,(H,20,26). The quantitative estimate of drug-likeness (QED) is 0.677. The molecule has 1 aromatic carbocycles. The Balaban J connectivity index is 1.61. The van der Waals surface area contributed by atoms with Crippen molar-refractivity contribution in [2.45, 2.75) is 37.1 Å². The van der Waals surface area contributed by atoms with Crippen molar-refractivity contribution in [2.24, 2.45) is 0 Å². The number of nitrogens with one attached hydrogen (secondary N) is 1. The smallest absolute Gasteiger partial charge is 0.325 e. The van der Waals surface area contributed by atoms with Crippen molar-refractivity contribution in [3.63, 3.8) is 0 Å². The lowest BCUT2D eigenvalue weighted by Crippen LogP contribution is -2.53. The summed E-state index contributed by atoms with van der Waals surface area (Å²) in [4.78, 5) is 40.2. The third kappa shape index (κ3) is 3.86. The van der Waals surface area contributed by atoms with Gasteiger partial charge in [-0.15, -0.1) is 0 Å². The number of urea groups is 1. The summed E-state index contributed by atoms with van der Waals surface area (Å²) in [6.07, 6.45) is 0.906. The summed E-state index contributed by atoms with van der Waals surface area (Å²) in [6, 6.07) is 7.60. The molecule has 10 heteroatoms. The van der Waals surface area contributed by atoms with E-state index in [-0.39, 0.29) is 49.4 Å². The minimum atomic E-state index is -3.61. The van der Waals surface area contributed by atoms with Gasteiger partial charge in [0.1, 0.15) is 12.1 Å². The Morgan fingerprint density at radius 3 is 2.14 bits per heavy atom. The maximum absolute atomic E-state index is 12.7. The molecule has 9 nitrogen and oxygen atoms in total. The number of imide groups is 1. The molecule has 0 bridgehead atoms. The van der Waals surface area contributed by atoms with Crippen LogP contribution in [0.3, 0.4) is 0 Å². The lowest BCUT2D eigenvalue weighted by molar-refractivity contribution is -0.139. The van der Waals surface area contributed by atoms with E-state index < -0.39 is 21.6 Å². The number of nitrogens with zero attached hydrogens (tertiary/aromatic N) is 3. The van der Waals surface area contributed by atoms with Crippen molar-refractivity contribution < 1.29 is 22.8 Å². The molecule has 2 aliphatic rings. The van der Waals surface area contributed by atoms with Gasteiger partial charge in [0, 0.05) is 26.2 Å². The molecule has 1 N–H and O–H groups in total. The molecule has 0 radical (unpaired) electrons. The second-order valence-corrected chi connectivity index (χ2v) is 9.15. The molecule has 0 spiro atoms. The van der Waals surface area contributed by atoms with E-state index in [1.54, 1.807) is 18.2 Å². The molecule has 158 valence electrons. The summed E-state index contributed by atoms with van der Waals surface area (Å²) in [5, 5.41) is 2.70. The third-order valence-electron chi connectivity index (χ3n) is 5.72. The van der Waals surface area contributed by atoms with Crippen LogP contribution in [0.2, 0.25) is 0 Å². The van der Waals surface area contributed by atoms with Gasteiger partial charge in [-0.3, -0.25) is 14.5 Å². The fourth-order valence-electron chi connectivity index (χ4n) is 3.70. The van der Waals surface area contributed by atoms with Crippen LogP contribution in [0.15, 0.2) is 35.2 Å². The van der Waals surface area contributed by atoms with Crippen LogP contribution in [-0.2, 0) is 19.6 Å². The fourth-order valence-corrected chi connectivity index (χ4v) is 5.15. The van der Waals surface area contributed by atoms with E-state index in [0.29, 0.717) is 12.8 Å². The predicted molar refractivity (Wildman–Crippen MR) is 105 cm³/mol. The van der Waals surface area contributed by atoms with Crippen molar-refractivity contribution in [2.75, 3.05) is 32.7 Å². The molecule has 0 aromatic heterocycles. The summed E-state index contributed by atoms with van der Waals surface area (Å²) >= 11 is 0. The van der Waals surface area contributed by atoms with Crippen LogP contribution < -0.4 is 5.32 Å². The Hall–Kier alpha value is -2.46. The van der Waals surface area contributed by atoms with Gasteiger partial charge >= 0.3 is 6.03 Å². The third-order valence-corrected chi connectivity index (χ3v) is 7.63.